The molecule has 0 aliphatic carbocycles. The maximum absolute atomic E-state index is 9.26. The summed E-state index contributed by atoms with van der Waals surface area (Å²) in [6.45, 7) is 6.96. The first kappa shape index (κ1) is 17.3. The highest BCUT2D eigenvalue weighted by Gasteiger charge is 2.23. The predicted octanol–water partition coefficient (Wildman–Crippen LogP) is 2.08. The SMILES string of the molecule is CCN(CC1CN(Cc2ccccc2C#N)CCO1)c1cccnn1. The van der Waals surface area contributed by atoms with Gasteiger partial charge in [-0.15, -0.1) is 5.10 Å². The molecule has 2 heterocycles. The van der Waals surface area contributed by atoms with Crippen molar-refractivity contribution in [3.8, 4) is 6.07 Å². The van der Waals surface area contributed by atoms with E-state index in [9.17, 15) is 5.26 Å². The molecule has 1 aromatic carbocycles. The molecule has 6 heteroatoms. The van der Waals surface area contributed by atoms with Crippen molar-refractivity contribution in [1.29, 1.82) is 5.26 Å². The Balaban J connectivity index is 1.62. The van der Waals surface area contributed by atoms with Gasteiger partial charge in [0.05, 0.1) is 24.3 Å². The lowest BCUT2D eigenvalue weighted by Crippen LogP contribution is -2.47. The van der Waals surface area contributed by atoms with Gasteiger partial charge < -0.3 is 9.64 Å². The summed E-state index contributed by atoms with van der Waals surface area (Å²) in [5.74, 6) is 0.876. The Labute approximate surface area is 148 Å². The van der Waals surface area contributed by atoms with E-state index in [0.29, 0.717) is 6.61 Å². The molecule has 3 rings (SSSR count). The Hall–Kier alpha value is -2.49. The highest BCUT2D eigenvalue weighted by atomic mass is 16.5. The van der Waals surface area contributed by atoms with Crippen LogP contribution in [0.5, 0.6) is 0 Å². The van der Waals surface area contributed by atoms with Crippen molar-refractivity contribution in [2.24, 2.45) is 0 Å². The number of nitriles is 1. The van der Waals surface area contributed by atoms with E-state index in [-0.39, 0.29) is 6.10 Å². The molecular formula is C19H23N5O. The minimum absolute atomic E-state index is 0.116. The summed E-state index contributed by atoms with van der Waals surface area (Å²) in [6.07, 6.45) is 1.80. The fourth-order valence-corrected chi connectivity index (χ4v) is 3.14. The fraction of sp³-hybridized carbons (Fsp3) is 0.421. The van der Waals surface area contributed by atoms with E-state index in [1.165, 1.54) is 0 Å². The van der Waals surface area contributed by atoms with E-state index in [1.807, 2.05) is 36.4 Å². The normalized spacial score (nSPS) is 17.8. The van der Waals surface area contributed by atoms with E-state index >= 15 is 0 Å². The molecule has 0 bridgehead atoms. The van der Waals surface area contributed by atoms with Gasteiger partial charge in [-0.1, -0.05) is 18.2 Å². The molecule has 1 atom stereocenters. The van der Waals surface area contributed by atoms with E-state index in [2.05, 4.69) is 33.0 Å². The lowest BCUT2D eigenvalue weighted by atomic mass is 10.1. The zero-order valence-corrected chi connectivity index (χ0v) is 14.5. The maximum atomic E-state index is 9.26. The lowest BCUT2D eigenvalue weighted by Gasteiger charge is -2.35. The van der Waals surface area contributed by atoms with Gasteiger partial charge in [0.1, 0.15) is 0 Å². The second kappa shape index (κ2) is 8.56. The first-order valence-electron chi connectivity index (χ1n) is 8.64. The Morgan fingerprint density at radius 2 is 2.20 bits per heavy atom. The third-order valence-electron chi connectivity index (χ3n) is 4.44. The smallest absolute Gasteiger partial charge is 0.151 e. The maximum Gasteiger partial charge on any atom is 0.151 e. The molecule has 1 aliphatic heterocycles. The zero-order valence-electron chi connectivity index (χ0n) is 14.5. The topological polar surface area (TPSA) is 65.3 Å². The number of anilines is 1. The summed E-state index contributed by atoms with van der Waals surface area (Å²) in [7, 11) is 0. The van der Waals surface area contributed by atoms with Crippen LogP contribution in [0.3, 0.4) is 0 Å². The van der Waals surface area contributed by atoms with Crippen LogP contribution in [0.15, 0.2) is 42.6 Å². The van der Waals surface area contributed by atoms with Crippen molar-refractivity contribution in [2.45, 2.75) is 19.6 Å². The number of aromatic nitrogens is 2. The third kappa shape index (κ3) is 4.53. The molecule has 2 aromatic rings. The van der Waals surface area contributed by atoms with Gasteiger partial charge in [0.15, 0.2) is 5.82 Å². The van der Waals surface area contributed by atoms with Crippen molar-refractivity contribution in [1.82, 2.24) is 15.1 Å². The number of hydrogen-bond donors (Lipinski definition) is 0. The predicted molar refractivity (Wildman–Crippen MR) is 96.1 cm³/mol. The molecule has 6 nitrogen and oxygen atoms in total. The first-order valence-corrected chi connectivity index (χ1v) is 8.64. The van der Waals surface area contributed by atoms with Crippen molar-refractivity contribution in [3.05, 3.63) is 53.7 Å². The quantitative estimate of drug-likeness (QED) is 0.804. The van der Waals surface area contributed by atoms with Crippen LogP contribution >= 0.6 is 0 Å². The van der Waals surface area contributed by atoms with Crippen molar-refractivity contribution in [2.75, 3.05) is 37.7 Å². The molecule has 25 heavy (non-hydrogen) atoms. The first-order chi connectivity index (χ1) is 12.3. The number of morpholine rings is 1. The fourth-order valence-electron chi connectivity index (χ4n) is 3.14. The molecule has 0 amide bonds. The number of ether oxygens (including phenoxy) is 1. The monoisotopic (exact) mass is 337 g/mol. The van der Waals surface area contributed by atoms with Gasteiger partial charge in [-0.2, -0.15) is 10.4 Å². The summed E-state index contributed by atoms with van der Waals surface area (Å²) in [4.78, 5) is 4.54. The van der Waals surface area contributed by atoms with Crippen LogP contribution in [0.2, 0.25) is 0 Å². The minimum atomic E-state index is 0.116. The van der Waals surface area contributed by atoms with Gasteiger partial charge in [-0.3, -0.25) is 4.90 Å². The summed E-state index contributed by atoms with van der Waals surface area (Å²) in [5, 5.41) is 17.4. The number of likely N-dealkylation sites (N-methyl/N-ethyl adjacent to an activating group) is 1. The van der Waals surface area contributed by atoms with E-state index in [4.69, 9.17) is 4.74 Å². The number of benzene rings is 1. The van der Waals surface area contributed by atoms with Gasteiger partial charge in [0.25, 0.3) is 0 Å². The summed E-state index contributed by atoms with van der Waals surface area (Å²) < 4.78 is 5.96. The van der Waals surface area contributed by atoms with Crippen LogP contribution in [0.4, 0.5) is 5.82 Å². The molecule has 0 spiro atoms. The molecule has 1 fully saturated rings. The van der Waals surface area contributed by atoms with Crippen LogP contribution in [-0.2, 0) is 11.3 Å². The van der Waals surface area contributed by atoms with Crippen LogP contribution in [0, 0.1) is 11.3 Å². The Morgan fingerprint density at radius 3 is 2.96 bits per heavy atom. The van der Waals surface area contributed by atoms with Crippen molar-refractivity contribution < 1.29 is 4.74 Å². The van der Waals surface area contributed by atoms with E-state index in [1.54, 1.807) is 6.20 Å². The highest BCUT2D eigenvalue weighted by Crippen LogP contribution is 2.16. The average molecular weight is 337 g/mol. The van der Waals surface area contributed by atoms with E-state index in [0.717, 1.165) is 49.7 Å². The number of hydrogen-bond acceptors (Lipinski definition) is 6. The standard InChI is InChI=1S/C19H23N5O/c1-2-24(19-8-5-9-21-22-19)15-18-14-23(10-11-25-18)13-17-7-4-3-6-16(17)12-20/h3-9,18H,2,10-11,13-15H2,1H3. The van der Waals surface area contributed by atoms with Gasteiger partial charge in [-0.25, -0.2) is 0 Å². The summed E-state index contributed by atoms with van der Waals surface area (Å²) >= 11 is 0. The Kier molecular flexibility index (Phi) is 5.94. The lowest BCUT2D eigenvalue weighted by molar-refractivity contribution is -0.0268. The van der Waals surface area contributed by atoms with Crippen LogP contribution in [0.1, 0.15) is 18.1 Å². The summed E-state index contributed by atoms with van der Waals surface area (Å²) in [5.41, 5.74) is 1.83. The second-order valence-corrected chi connectivity index (χ2v) is 6.12. The van der Waals surface area contributed by atoms with Crippen molar-refractivity contribution in [3.63, 3.8) is 0 Å². The van der Waals surface area contributed by atoms with Gasteiger partial charge in [-0.05, 0) is 30.7 Å². The van der Waals surface area contributed by atoms with Gasteiger partial charge >= 0.3 is 0 Å². The summed E-state index contributed by atoms with van der Waals surface area (Å²) in [6, 6.07) is 13.9. The molecule has 0 saturated carbocycles. The van der Waals surface area contributed by atoms with Crippen LogP contribution in [0.25, 0.3) is 0 Å². The van der Waals surface area contributed by atoms with Crippen LogP contribution in [-0.4, -0.2) is 54.0 Å². The molecule has 130 valence electrons. The molecular weight excluding hydrogens is 314 g/mol. The number of rotatable bonds is 6. The molecule has 1 unspecified atom stereocenters. The third-order valence-corrected chi connectivity index (χ3v) is 4.44. The second-order valence-electron chi connectivity index (χ2n) is 6.12. The average Bonchev–Trinajstić information content (AvgIpc) is 2.67. The molecule has 1 aliphatic rings. The molecule has 0 radical (unpaired) electrons. The van der Waals surface area contributed by atoms with E-state index < -0.39 is 0 Å². The van der Waals surface area contributed by atoms with Gasteiger partial charge in [0, 0.05) is 38.9 Å². The largest absolute Gasteiger partial charge is 0.374 e. The number of nitrogens with zero attached hydrogens (tertiary/aromatic N) is 5. The minimum Gasteiger partial charge on any atom is -0.374 e. The highest BCUT2D eigenvalue weighted by molar-refractivity contribution is 5.37. The van der Waals surface area contributed by atoms with Gasteiger partial charge in [0.2, 0.25) is 0 Å². The van der Waals surface area contributed by atoms with Crippen molar-refractivity contribution >= 4 is 5.82 Å². The molecule has 1 saturated heterocycles. The molecule has 0 N–H and O–H groups in total. The zero-order chi connectivity index (χ0) is 17.5. The van der Waals surface area contributed by atoms with Crippen LogP contribution < -0.4 is 4.90 Å². The Morgan fingerprint density at radius 1 is 1.32 bits per heavy atom. The Bertz CT molecular complexity index is 715. The molecule has 1 aromatic heterocycles.